The number of hydrazone groups is 1. The van der Waals surface area contributed by atoms with Gasteiger partial charge in [0.2, 0.25) is 5.13 Å². The number of rotatable bonds is 4. The molecule has 0 fully saturated rings. The molecule has 0 radical (unpaired) electrons. The Labute approximate surface area is 114 Å². The van der Waals surface area contributed by atoms with Crippen molar-refractivity contribution in [1.82, 2.24) is 4.98 Å². The van der Waals surface area contributed by atoms with Crippen molar-refractivity contribution in [2.24, 2.45) is 5.10 Å². The molecule has 0 aliphatic carbocycles. The maximum Gasteiger partial charge on any atom is 0.203 e. The zero-order valence-electron chi connectivity index (χ0n) is 10.4. The van der Waals surface area contributed by atoms with Crippen LogP contribution in [0.1, 0.15) is 11.3 Å². The molecule has 0 aliphatic rings. The highest BCUT2D eigenvalue weighted by Gasteiger charge is 2.07. The highest BCUT2D eigenvalue weighted by molar-refractivity contribution is 7.13. The van der Waals surface area contributed by atoms with Gasteiger partial charge in [0, 0.05) is 17.0 Å². The lowest BCUT2D eigenvalue weighted by Gasteiger charge is -2.05. The summed E-state index contributed by atoms with van der Waals surface area (Å²) in [5, 5.41) is 25.7. The van der Waals surface area contributed by atoms with Gasteiger partial charge in [-0.3, -0.25) is 5.43 Å². The van der Waals surface area contributed by atoms with Crippen LogP contribution in [-0.2, 0) is 0 Å². The van der Waals surface area contributed by atoms with Gasteiger partial charge in [-0.05, 0) is 13.0 Å². The average molecular weight is 279 g/mol. The number of aromatic hydroxyl groups is 2. The number of hydrogen-bond acceptors (Lipinski definition) is 7. The third kappa shape index (κ3) is 3.14. The lowest BCUT2D eigenvalue weighted by atomic mass is 10.2. The molecule has 0 atom stereocenters. The quantitative estimate of drug-likeness (QED) is 0.590. The number of aryl methyl sites for hydroxylation is 1. The SMILES string of the molecule is COc1cc(C=NNc2nc(C)cs2)c(O)cc1O. The van der Waals surface area contributed by atoms with E-state index in [-0.39, 0.29) is 17.2 Å². The molecule has 0 saturated heterocycles. The second kappa shape index (κ2) is 5.57. The van der Waals surface area contributed by atoms with Crippen molar-refractivity contribution in [3.05, 3.63) is 28.8 Å². The first-order valence-corrected chi connectivity index (χ1v) is 6.29. The molecule has 3 N–H and O–H groups in total. The largest absolute Gasteiger partial charge is 0.507 e. The third-order valence-electron chi connectivity index (χ3n) is 2.31. The smallest absolute Gasteiger partial charge is 0.203 e. The van der Waals surface area contributed by atoms with E-state index in [2.05, 4.69) is 15.5 Å². The Morgan fingerprint density at radius 3 is 2.79 bits per heavy atom. The Morgan fingerprint density at radius 2 is 2.16 bits per heavy atom. The molecule has 0 saturated carbocycles. The van der Waals surface area contributed by atoms with Crippen molar-refractivity contribution >= 4 is 22.7 Å². The van der Waals surface area contributed by atoms with Crippen LogP contribution in [0.4, 0.5) is 5.13 Å². The third-order valence-corrected chi connectivity index (χ3v) is 3.18. The lowest BCUT2D eigenvalue weighted by Crippen LogP contribution is -1.92. The van der Waals surface area contributed by atoms with Crippen LogP contribution >= 0.6 is 11.3 Å². The Hall–Kier alpha value is -2.28. The van der Waals surface area contributed by atoms with Gasteiger partial charge in [-0.25, -0.2) is 4.98 Å². The number of ether oxygens (including phenoxy) is 1. The highest BCUT2D eigenvalue weighted by atomic mass is 32.1. The first-order chi connectivity index (χ1) is 9.10. The second-order valence-electron chi connectivity index (χ2n) is 3.75. The van der Waals surface area contributed by atoms with Crippen molar-refractivity contribution in [3.8, 4) is 17.2 Å². The molecule has 7 heteroatoms. The highest BCUT2D eigenvalue weighted by Crippen LogP contribution is 2.32. The summed E-state index contributed by atoms with van der Waals surface area (Å²) in [7, 11) is 1.43. The second-order valence-corrected chi connectivity index (χ2v) is 4.61. The number of methoxy groups -OCH3 is 1. The molecule has 1 aromatic heterocycles. The van der Waals surface area contributed by atoms with Crippen LogP contribution in [0.5, 0.6) is 17.2 Å². The van der Waals surface area contributed by atoms with Crippen LogP contribution in [0, 0.1) is 6.92 Å². The maximum atomic E-state index is 9.67. The van der Waals surface area contributed by atoms with Gasteiger partial charge in [-0.1, -0.05) is 0 Å². The summed E-state index contributed by atoms with van der Waals surface area (Å²) in [6, 6.07) is 2.69. The molecule has 2 rings (SSSR count). The zero-order chi connectivity index (χ0) is 13.8. The topological polar surface area (TPSA) is 87.0 Å². The van der Waals surface area contributed by atoms with Crippen molar-refractivity contribution in [1.29, 1.82) is 0 Å². The number of thiazole rings is 1. The molecule has 0 amide bonds. The van der Waals surface area contributed by atoms with Gasteiger partial charge in [0.05, 0.1) is 19.0 Å². The zero-order valence-corrected chi connectivity index (χ0v) is 11.2. The molecule has 0 bridgehead atoms. The normalized spacial score (nSPS) is 10.8. The van der Waals surface area contributed by atoms with Crippen LogP contribution < -0.4 is 10.2 Å². The Kier molecular flexibility index (Phi) is 3.86. The summed E-state index contributed by atoms with van der Waals surface area (Å²) in [5.74, 6) is 0.0594. The van der Waals surface area contributed by atoms with Crippen LogP contribution in [0.15, 0.2) is 22.6 Å². The number of phenols is 2. The summed E-state index contributed by atoms with van der Waals surface area (Å²) >= 11 is 1.44. The van der Waals surface area contributed by atoms with E-state index in [0.29, 0.717) is 10.7 Å². The summed E-state index contributed by atoms with van der Waals surface area (Å²) in [4.78, 5) is 4.18. The standard InChI is InChI=1S/C12H13N3O3S/c1-7-6-19-12(14-7)15-13-5-8-3-11(18-2)10(17)4-9(8)16/h3-6,16-17H,1-2H3,(H,14,15). The van der Waals surface area contributed by atoms with Crippen molar-refractivity contribution in [2.75, 3.05) is 12.5 Å². The maximum absolute atomic E-state index is 9.67. The number of anilines is 1. The van der Waals surface area contributed by atoms with E-state index in [0.717, 1.165) is 5.69 Å². The molecule has 1 heterocycles. The van der Waals surface area contributed by atoms with Crippen LogP contribution in [0.2, 0.25) is 0 Å². The van der Waals surface area contributed by atoms with Crippen LogP contribution in [0.25, 0.3) is 0 Å². The molecule has 6 nitrogen and oxygen atoms in total. The van der Waals surface area contributed by atoms with Gasteiger partial charge in [0.25, 0.3) is 0 Å². The number of aromatic nitrogens is 1. The van der Waals surface area contributed by atoms with Crippen molar-refractivity contribution < 1.29 is 14.9 Å². The first kappa shape index (κ1) is 13.2. The number of phenolic OH excluding ortho intramolecular Hbond substituents is 2. The number of nitrogens with zero attached hydrogens (tertiary/aromatic N) is 2. The fourth-order valence-corrected chi connectivity index (χ4v) is 2.04. The van der Waals surface area contributed by atoms with E-state index >= 15 is 0 Å². The van der Waals surface area contributed by atoms with E-state index in [4.69, 9.17) is 4.74 Å². The molecule has 19 heavy (non-hydrogen) atoms. The van der Waals surface area contributed by atoms with Crippen LogP contribution in [0.3, 0.4) is 0 Å². The monoisotopic (exact) mass is 279 g/mol. The van der Waals surface area contributed by atoms with Gasteiger partial charge in [-0.2, -0.15) is 5.10 Å². The molecular weight excluding hydrogens is 266 g/mol. The Balaban J connectivity index is 2.14. The fourth-order valence-electron chi connectivity index (χ4n) is 1.40. The van der Waals surface area contributed by atoms with Crippen molar-refractivity contribution in [3.63, 3.8) is 0 Å². The predicted octanol–water partition coefficient (Wildman–Crippen LogP) is 2.32. The van der Waals surface area contributed by atoms with Gasteiger partial charge >= 0.3 is 0 Å². The minimum Gasteiger partial charge on any atom is -0.507 e. The fraction of sp³-hybridized carbons (Fsp3) is 0.167. The number of hydrogen-bond donors (Lipinski definition) is 3. The van der Waals surface area contributed by atoms with Crippen molar-refractivity contribution in [2.45, 2.75) is 6.92 Å². The Morgan fingerprint density at radius 1 is 1.37 bits per heavy atom. The lowest BCUT2D eigenvalue weighted by molar-refractivity contribution is 0.369. The number of nitrogens with one attached hydrogen (secondary N) is 1. The molecule has 0 unspecified atom stereocenters. The van der Waals surface area contributed by atoms with Gasteiger partial charge in [0.15, 0.2) is 11.5 Å². The molecule has 100 valence electrons. The number of benzene rings is 1. The van der Waals surface area contributed by atoms with Gasteiger partial charge < -0.3 is 14.9 Å². The van der Waals surface area contributed by atoms with E-state index in [1.54, 1.807) is 0 Å². The predicted molar refractivity (Wildman–Crippen MR) is 74.4 cm³/mol. The summed E-state index contributed by atoms with van der Waals surface area (Å²) in [6.45, 7) is 1.89. The average Bonchev–Trinajstić information content (AvgIpc) is 2.78. The Bertz CT molecular complexity index is 610. The van der Waals surface area contributed by atoms with Crippen LogP contribution in [-0.4, -0.2) is 28.5 Å². The van der Waals surface area contributed by atoms with E-state index in [1.807, 2.05) is 12.3 Å². The van der Waals surface area contributed by atoms with E-state index in [1.165, 1.54) is 36.8 Å². The molecule has 0 spiro atoms. The minimum atomic E-state index is -0.124. The summed E-state index contributed by atoms with van der Waals surface area (Å²) in [6.07, 6.45) is 1.42. The first-order valence-electron chi connectivity index (χ1n) is 5.41. The van der Waals surface area contributed by atoms with E-state index < -0.39 is 0 Å². The summed E-state index contributed by atoms with van der Waals surface area (Å²) in [5.41, 5.74) is 4.10. The van der Waals surface area contributed by atoms with Gasteiger partial charge in [-0.15, -0.1) is 11.3 Å². The molecule has 0 aliphatic heterocycles. The molecule has 1 aromatic carbocycles. The van der Waals surface area contributed by atoms with E-state index in [9.17, 15) is 10.2 Å². The molecule has 2 aromatic rings. The molecular formula is C12H13N3O3S. The van der Waals surface area contributed by atoms with Gasteiger partial charge in [0.1, 0.15) is 5.75 Å². The summed E-state index contributed by atoms with van der Waals surface area (Å²) < 4.78 is 4.96. The minimum absolute atomic E-state index is 0.0841.